The van der Waals surface area contributed by atoms with Gasteiger partial charge in [-0.3, -0.25) is 4.79 Å². The monoisotopic (exact) mass is 390 g/mol. The van der Waals surface area contributed by atoms with Gasteiger partial charge in [-0.15, -0.1) is 21.5 Å². The molecular weight excluding hydrogens is 372 g/mol. The van der Waals surface area contributed by atoms with Crippen molar-refractivity contribution in [1.29, 1.82) is 0 Å². The highest BCUT2D eigenvalue weighted by atomic mass is 32.1. The van der Waals surface area contributed by atoms with Gasteiger partial charge < -0.3 is 10.6 Å². The van der Waals surface area contributed by atoms with Crippen molar-refractivity contribution in [3.63, 3.8) is 0 Å². The summed E-state index contributed by atoms with van der Waals surface area (Å²) < 4.78 is 1.64. The van der Waals surface area contributed by atoms with Gasteiger partial charge in [0.2, 0.25) is 0 Å². The second-order valence-electron chi connectivity index (χ2n) is 5.96. The van der Waals surface area contributed by atoms with E-state index in [0.29, 0.717) is 30.3 Å². The van der Waals surface area contributed by atoms with Crippen LogP contribution in [0.25, 0.3) is 16.3 Å². The highest BCUT2D eigenvalue weighted by molar-refractivity contribution is 7.13. The number of anilines is 1. The van der Waals surface area contributed by atoms with E-state index >= 15 is 0 Å². The van der Waals surface area contributed by atoms with Crippen LogP contribution in [0.1, 0.15) is 10.4 Å². The first-order chi connectivity index (χ1) is 13.8. The van der Waals surface area contributed by atoms with Gasteiger partial charge in [0.25, 0.3) is 5.91 Å². The van der Waals surface area contributed by atoms with E-state index in [-0.39, 0.29) is 5.91 Å². The molecule has 0 spiro atoms. The number of nitrogens with zero attached hydrogens (tertiary/aromatic N) is 4. The number of hydrogen-bond donors (Lipinski definition) is 2. The summed E-state index contributed by atoms with van der Waals surface area (Å²) >= 11 is 1.68. The lowest BCUT2D eigenvalue weighted by Gasteiger charge is -2.08. The molecule has 28 heavy (non-hydrogen) atoms. The minimum absolute atomic E-state index is 0.0976. The second-order valence-corrected chi connectivity index (χ2v) is 6.91. The Labute approximate surface area is 166 Å². The second kappa shape index (κ2) is 8.45. The summed E-state index contributed by atoms with van der Waals surface area (Å²) in [4.78, 5) is 13.4. The molecule has 0 aliphatic carbocycles. The van der Waals surface area contributed by atoms with Gasteiger partial charge >= 0.3 is 0 Å². The van der Waals surface area contributed by atoms with E-state index in [9.17, 15) is 4.79 Å². The lowest BCUT2D eigenvalue weighted by Crippen LogP contribution is -2.28. The Kier molecular flexibility index (Phi) is 5.39. The van der Waals surface area contributed by atoms with Crippen LogP contribution in [0.15, 0.2) is 72.4 Å². The fourth-order valence-electron chi connectivity index (χ4n) is 2.64. The molecule has 4 aromatic rings. The Bertz CT molecular complexity index is 1010. The SMILES string of the molecule is O=C(NCCNc1ccc(-n2cccn2)nn1)c1ccc(-c2cccs2)cc1. The maximum Gasteiger partial charge on any atom is 0.251 e. The first-order valence-corrected chi connectivity index (χ1v) is 9.67. The zero-order valence-corrected chi connectivity index (χ0v) is 15.8. The summed E-state index contributed by atoms with van der Waals surface area (Å²) in [7, 11) is 0. The van der Waals surface area contributed by atoms with Crippen LogP contribution in [0.4, 0.5) is 5.82 Å². The predicted molar refractivity (Wildman–Crippen MR) is 110 cm³/mol. The molecule has 0 fully saturated rings. The zero-order valence-electron chi connectivity index (χ0n) is 14.9. The number of nitrogens with one attached hydrogen (secondary N) is 2. The summed E-state index contributed by atoms with van der Waals surface area (Å²) in [6, 6.07) is 17.2. The number of aromatic nitrogens is 4. The molecule has 0 saturated heterocycles. The van der Waals surface area contributed by atoms with Crippen LogP contribution in [0, 0.1) is 0 Å². The molecule has 7 nitrogen and oxygen atoms in total. The molecule has 1 aromatic carbocycles. The molecule has 1 amide bonds. The Morgan fingerprint density at radius 3 is 2.57 bits per heavy atom. The van der Waals surface area contributed by atoms with Crippen molar-refractivity contribution < 1.29 is 4.79 Å². The Morgan fingerprint density at radius 1 is 1.00 bits per heavy atom. The zero-order chi connectivity index (χ0) is 19.2. The first-order valence-electron chi connectivity index (χ1n) is 8.79. The molecule has 0 aliphatic rings. The molecule has 0 radical (unpaired) electrons. The van der Waals surface area contributed by atoms with E-state index in [2.05, 4.69) is 32.0 Å². The average Bonchev–Trinajstić information content (AvgIpc) is 3.46. The van der Waals surface area contributed by atoms with E-state index in [1.54, 1.807) is 28.4 Å². The van der Waals surface area contributed by atoms with Crippen LogP contribution in [0.3, 0.4) is 0 Å². The maximum atomic E-state index is 12.3. The Hall–Kier alpha value is -3.52. The lowest BCUT2D eigenvalue weighted by atomic mass is 10.1. The van der Waals surface area contributed by atoms with Crippen molar-refractivity contribution in [2.75, 3.05) is 18.4 Å². The molecule has 0 unspecified atom stereocenters. The third kappa shape index (κ3) is 4.24. The van der Waals surface area contributed by atoms with Crippen molar-refractivity contribution in [3.05, 3.63) is 77.9 Å². The fraction of sp³-hybridized carbons (Fsp3) is 0.100. The predicted octanol–water partition coefficient (Wildman–Crippen LogP) is 3.23. The van der Waals surface area contributed by atoms with Crippen molar-refractivity contribution in [3.8, 4) is 16.3 Å². The van der Waals surface area contributed by atoms with E-state index < -0.39 is 0 Å². The van der Waals surface area contributed by atoms with E-state index in [0.717, 1.165) is 5.56 Å². The van der Waals surface area contributed by atoms with Gasteiger partial charge in [-0.05, 0) is 47.3 Å². The minimum Gasteiger partial charge on any atom is -0.367 e. The molecule has 8 heteroatoms. The molecule has 0 aliphatic heterocycles. The number of thiophene rings is 1. The third-order valence-electron chi connectivity index (χ3n) is 4.06. The molecule has 3 heterocycles. The van der Waals surface area contributed by atoms with Gasteiger partial charge in [0.1, 0.15) is 5.82 Å². The van der Waals surface area contributed by atoms with Gasteiger partial charge in [0.15, 0.2) is 5.82 Å². The minimum atomic E-state index is -0.0976. The van der Waals surface area contributed by atoms with E-state index in [1.807, 2.05) is 53.9 Å². The van der Waals surface area contributed by atoms with E-state index in [1.165, 1.54) is 4.88 Å². The highest BCUT2D eigenvalue weighted by Crippen LogP contribution is 2.24. The van der Waals surface area contributed by atoms with Crippen molar-refractivity contribution >= 4 is 23.1 Å². The topological polar surface area (TPSA) is 84.7 Å². The molecular formula is C20H18N6OS. The van der Waals surface area contributed by atoms with Gasteiger partial charge in [-0.25, -0.2) is 4.68 Å². The number of hydrogen-bond acceptors (Lipinski definition) is 6. The molecule has 0 saturated carbocycles. The normalized spacial score (nSPS) is 10.6. The summed E-state index contributed by atoms with van der Waals surface area (Å²) in [5.74, 6) is 1.19. The lowest BCUT2D eigenvalue weighted by molar-refractivity contribution is 0.0955. The molecule has 4 rings (SSSR count). The van der Waals surface area contributed by atoms with Crippen LogP contribution in [-0.4, -0.2) is 39.0 Å². The van der Waals surface area contributed by atoms with Crippen LogP contribution >= 0.6 is 11.3 Å². The first kappa shape index (κ1) is 17.9. The maximum absolute atomic E-state index is 12.3. The number of carbonyl (C=O) groups excluding carboxylic acids is 1. The summed E-state index contributed by atoms with van der Waals surface area (Å²) in [6.07, 6.45) is 3.49. The fourth-order valence-corrected chi connectivity index (χ4v) is 3.38. The summed E-state index contributed by atoms with van der Waals surface area (Å²) in [6.45, 7) is 1.03. The molecule has 0 bridgehead atoms. The van der Waals surface area contributed by atoms with Crippen molar-refractivity contribution in [1.82, 2.24) is 25.3 Å². The van der Waals surface area contributed by atoms with Gasteiger partial charge in [-0.2, -0.15) is 5.10 Å². The van der Waals surface area contributed by atoms with Crippen molar-refractivity contribution in [2.45, 2.75) is 0 Å². The molecule has 3 aromatic heterocycles. The third-order valence-corrected chi connectivity index (χ3v) is 4.98. The molecule has 2 N–H and O–H groups in total. The summed E-state index contributed by atoms with van der Waals surface area (Å²) in [5.41, 5.74) is 1.76. The number of carbonyl (C=O) groups is 1. The molecule has 140 valence electrons. The smallest absolute Gasteiger partial charge is 0.251 e. The largest absolute Gasteiger partial charge is 0.367 e. The van der Waals surface area contributed by atoms with Crippen LogP contribution in [0.2, 0.25) is 0 Å². The van der Waals surface area contributed by atoms with Gasteiger partial charge in [-0.1, -0.05) is 18.2 Å². The number of rotatable bonds is 7. The van der Waals surface area contributed by atoms with Gasteiger partial charge in [0.05, 0.1) is 0 Å². The summed E-state index contributed by atoms with van der Waals surface area (Å²) in [5, 5.41) is 20.4. The van der Waals surface area contributed by atoms with Crippen LogP contribution < -0.4 is 10.6 Å². The quantitative estimate of drug-likeness (QED) is 0.473. The van der Waals surface area contributed by atoms with E-state index in [4.69, 9.17) is 0 Å². The van der Waals surface area contributed by atoms with Gasteiger partial charge in [0, 0.05) is 35.9 Å². The molecule has 0 atom stereocenters. The average molecular weight is 390 g/mol. The van der Waals surface area contributed by atoms with Crippen molar-refractivity contribution in [2.24, 2.45) is 0 Å². The van der Waals surface area contributed by atoms with Crippen LogP contribution in [-0.2, 0) is 0 Å². The number of benzene rings is 1. The number of amides is 1. The highest BCUT2D eigenvalue weighted by Gasteiger charge is 2.06. The standard InChI is InChI=1S/C20H18N6OS/c27-20(16-6-4-15(5-7-16)17-3-1-14-28-17)22-12-11-21-18-8-9-19(25-24-18)26-13-2-10-23-26/h1-10,13-14H,11-12H2,(H,21,24)(H,22,27). The van der Waals surface area contributed by atoms with Crippen LogP contribution in [0.5, 0.6) is 0 Å². The Morgan fingerprint density at radius 2 is 1.89 bits per heavy atom. The Balaban J connectivity index is 1.24.